The molecule has 0 aliphatic rings. The minimum Gasteiger partial charge on any atom is -0.480 e. The van der Waals surface area contributed by atoms with Gasteiger partial charge in [-0.2, -0.15) is 0 Å². The third kappa shape index (κ3) is 44.4. The van der Waals surface area contributed by atoms with Crippen molar-refractivity contribution in [3.8, 4) is 0 Å². The topological polar surface area (TPSA) is 806 Å². The second kappa shape index (κ2) is 64.3. The quantitative estimate of drug-likeness (QED) is 0.0269. The molecule has 43 heteroatoms. The van der Waals surface area contributed by atoms with E-state index in [-0.39, 0.29) is 259 Å². The Balaban J connectivity index is 7.08. The molecule has 0 spiro atoms. The summed E-state index contributed by atoms with van der Waals surface area (Å²) in [7, 11) is 0. The number of rotatable bonds is 69. The van der Waals surface area contributed by atoms with Crippen LogP contribution in [-0.4, -0.2) is 264 Å². The molecule has 13 amide bonds. The Bertz CT molecular complexity index is 2790. The zero-order chi connectivity index (χ0) is 85.1. The van der Waals surface area contributed by atoms with E-state index in [0.717, 1.165) is 0 Å². The molecule has 0 heterocycles. The van der Waals surface area contributed by atoms with E-state index >= 15 is 0 Å². The van der Waals surface area contributed by atoms with E-state index in [1.807, 2.05) is 0 Å². The standard InChI is InChI=1S/C70H142N28O15/c71-29-1-15-43(85)57(99)86-44(16-2-30-72)58(100)87-45(17-3-31-73)59(101)88-46(18-4-32-74)60(102)89-47(19-5-33-75)61(103)90-48(20-6-34-76)62(104)91-49(21-7-35-77)63(105)92-50(22-8-36-78)64(106)93-51(23-9-37-79)65(107)94-52(24-10-38-80)66(108)95-53(25-11-39-81)67(109)96-54(26-12-40-82)68(110)97-55(27-13-41-83)69(111)98-56(70(112)113)28-14-42-84/h43-56H,1-42,71-85H2,(H,86,99)(H,87,100)(H,88,101)(H,89,102)(H,90,103)(H,91,104)(H,92,105)(H,93,106)(H,94,107)(H,95,108)(H,96,109)(H,97,110)(H,98,111)(H,112,113)/t43-,44-,45-,46-,47-,48-,49-,50-,51-,52-,53-,54-,55-,56-/m0/s1. The monoisotopic (exact) mass is 1620 g/mol. The summed E-state index contributed by atoms with van der Waals surface area (Å²) < 4.78 is 0. The summed E-state index contributed by atoms with van der Waals surface area (Å²) in [6.45, 7) is 1.37. The number of hydrogen-bond acceptors (Lipinski definition) is 29. The molecule has 0 unspecified atom stereocenters. The van der Waals surface area contributed by atoms with E-state index in [0.29, 0.717) is 12.8 Å². The van der Waals surface area contributed by atoms with E-state index < -0.39 is 167 Å². The van der Waals surface area contributed by atoms with Gasteiger partial charge >= 0.3 is 5.97 Å². The first-order valence-electron chi connectivity index (χ1n) is 39.9. The van der Waals surface area contributed by atoms with Crippen LogP contribution in [0.1, 0.15) is 180 Å². The van der Waals surface area contributed by atoms with Crippen LogP contribution >= 0.6 is 0 Å². The van der Waals surface area contributed by atoms with Crippen molar-refractivity contribution in [2.45, 2.75) is 264 Å². The minimum absolute atomic E-state index is 0.00550. The van der Waals surface area contributed by atoms with Crippen molar-refractivity contribution in [3.05, 3.63) is 0 Å². The molecule has 0 saturated heterocycles. The highest BCUT2D eigenvalue weighted by Crippen LogP contribution is 2.13. The Morgan fingerprint density at radius 3 is 0.381 bits per heavy atom. The number of carbonyl (C=O) groups excluding carboxylic acids is 13. The van der Waals surface area contributed by atoms with Gasteiger partial charge in [0.25, 0.3) is 0 Å². The van der Waals surface area contributed by atoms with E-state index in [1.165, 1.54) is 0 Å². The first-order chi connectivity index (χ1) is 54.1. The molecule has 0 fully saturated rings. The van der Waals surface area contributed by atoms with Crippen LogP contribution in [0.5, 0.6) is 0 Å². The molecular formula is C70H142N28O15. The van der Waals surface area contributed by atoms with E-state index in [1.54, 1.807) is 0 Å². The molecule has 0 rings (SSSR count). The van der Waals surface area contributed by atoms with Crippen molar-refractivity contribution in [1.82, 2.24) is 69.1 Å². The zero-order valence-corrected chi connectivity index (χ0v) is 66.1. The largest absolute Gasteiger partial charge is 0.480 e. The fraction of sp³-hybridized carbons (Fsp3) is 0.800. The Hall–Kier alpha value is -8.02. The lowest BCUT2D eigenvalue weighted by molar-refractivity contribution is -0.142. The maximum Gasteiger partial charge on any atom is 0.326 e. The molecule has 0 bridgehead atoms. The summed E-state index contributed by atoms with van der Waals surface area (Å²) in [5.74, 6) is -12.0. The van der Waals surface area contributed by atoms with Gasteiger partial charge in [-0.05, 0) is 271 Å². The molecule has 113 heavy (non-hydrogen) atoms. The summed E-state index contributed by atoms with van der Waals surface area (Å²) in [5.41, 5.74) is 87.5. The Labute approximate surface area is 663 Å². The molecule has 0 radical (unpaired) electrons. The summed E-state index contributed by atoms with van der Waals surface area (Å²) in [5, 5.41) is 44.1. The average molecular weight is 1620 g/mol. The summed E-state index contributed by atoms with van der Waals surface area (Å²) in [6, 6.07) is -18.4. The van der Waals surface area contributed by atoms with E-state index in [4.69, 9.17) is 86.0 Å². The van der Waals surface area contributed by atoms with Gasteiger partial charge in [-0.15, -0.1) is 0 Å². The SMILES string of the molecule is NCCC[C@H](NC(=O)[C@H](CCCN)NC(=O)[C@H](CCCN)NC(=O)[C@H](CCCN)NC(=O)[C@H](CCCN)NC(=O)[C@H](CCCN)NC(=O)[C@H](CCCN)NC(=O)[C@H](CCCN)NC(=O)[C@H](CCCN)NC(=O)[C@H](CCCN)NC(=O)[C@H](CCCN)NC(=O)[C@H](CCCN)NC(=O)[C@H](CCCN)NC(=O)[C@@H](N)CCCN)C(=O)O. The van der Waals surface area contributed by atoms with Crippen LogP contribution in [0.15, 0.2) is 0 Å². The second-order valence-electron chi connectivity index (χ2n) is 27.8. The van der Waals surface area contributed by atoms with Gasteiger partial charge in [-0.25, -0.2) is 4.79 Å². The first kappa shape index (κ1) is 105. The van der Waals surface area contributed by atoms with Gasteiger partial charge in [0.05, 0.1) is 6.04 Å². The molecule has 652 valence electrons. The summed E-state index contributed by atoms with van der Waals surface area (Å²) >= 11 is 0. The van der Waals surface area contributed by atoms with E-state index in [9.17, 15) is 72.2 Å². The second-order valence-corrected chi connectivity index (χ2v) is 27.8. The number of amides is 13. The number of nitrogens with two attached hydrogens (primary N) is 15. The van der Waals surface area contributed by atoms with Gasteiger partial charge in [-0.1, -0.05) is 0 Å². The van der Waals surface area contributed by atoms with Crippen molar-refractivity contribution in [2.75, 3.05) is 91.6 Å². The smallest absolute Gasteiger partial charge is 0.326 e. The third-order valence-corrected chi connectivity index (χ3v) is 18.3. The highest BCUT2D eigenvalue weighted by molar-refractivity contribution is 6.00. The van der Waals surface area contributed by atoms with Crippen molar-refractivity contribution in [1.29, 1.82) is 0 Å². The number of carboxylic acid groups (broad SMARTS) is 1. The fourth-order valence-electron chi connectivity index (χ4n) is 11.7. The zero-order valence-electron chi connectivity index (χ0n) is 66.1. The van der Waals surface area contributed by atoms with Gasteiger partial charge in [0.15, 0.2) is 0 Å². The van der Waals surface area contributed by atoms with Gasteiger partial charge < -0.3 is 160 Å². The predicted octanol–water partition coefficient (Wildman–Crippen LogP) is -11.0. The molecule has 44 N–H and O–H groups in total. The van der Waals surface area contributed by atoms with Gasteiger partial charge in [0.2, 0.25) is 76.8 Å². The lowest BCUT2D eigenvalue weighted by Gasteiger charge is -2.29. The molecule has 0 saturated carbocycles. The first-order valence-corrected chi connectivity index (χ1v) is 39.9. The van der Waals surface area contributed by atoms with Crippen LogP contribution in [0.2, 0.25) is 0 Å². The normalized spacial score (nSPS) is 15.0. The number of hydrogen-bond donors (Lipinski definition) is 29. The van der Waals surface area contributed by atoms with Crippen molar-refractivity contribution in [3.63, 3.8) is 0 Å². The van der Waals surface area contributed by atoms with Crippen LogP contribution in [0.3, 0.4) is 0 Å². The molecule has 43 nitrogen and oxygen atoms in total. The highest BCUT2D eigenvalue weighted by Gasteiger charge is 2.38. The molecule has 0 aromatic heterocycles. The maximum atomic E-state index is 14.5. The number of carboxylic acids is 1. The van der Waals surface area contributed by atoms with Crippen LogP contribution in [-0.2, 0) is 67.1 Å². The fourth-order valence-corrected chi connectivity index (χ4v) is 11.7. The number of aliphatic carboxylic acids is 1. The van der Waals surface area contributed by atoms with Crippen molar-refractivity contribution in [2.24, 2.45) is 86.0 Å². The molecule has 0 aliphatic carbocycles. The molecule has 14 atom stereocenters. The van der Waals surface area contributed by atoms with Crippen molar-refractivity contribution < 1.29 is 72.2 Å². The summed E-state index contributed by atoms with van der Waals surface area (Å²) in [4.78, 5) is 196. The molecular weight excluding hydrogens is 1470 g/mol. The van der Waals surface area contributed by atoms with Crippen LogP contribution in [0.4, 0.5) is 0 Å². The summed E-state index contributed by atoms with van der Waals surface area (Å²) in [6.07, 6.45) is 2.89. The number of nitrogens with one attached hydrogen (secondary N) is 13. The van der Waals surface area contributed by atoms with Gasteiger partial charge in [-0.3, -0.25) is 62.3 Å². The maximum absolute atomic E-state index is 14.5. The Morgan fingerprint density at radius 1 is 0.168 bits per heavy atom. The third-order valence-electron chi connectivity index (χ3n) is 18.3. The van der Waals surface area contributed by atoms with Crippen LogP contribution < -0.4 is 155 Å². The Morgan fingerprint density at radius 2 is 0.265 bits per heavy atom. The minimum atomic E-state index is -1.42. The average Bonchev–Trinajstić information content (AvgIpc) is 0.865. The highest BCUT2D eigenvalue weighted by atomic mass is 16.4. The van der Waals surface area contributed by atoms with Gasteiger partial charge in [0, 0.05) is 0 Å². The number of carbonyl (C=O) groups is 14. The molecule has 0 aromatic carbocycles. The van der Waals surface area contributed by atoms with E-state index in [2.05, 4.69) is 69.1 Å². The van der Waals surface area contributed by atoms with Crippen molar-refractivity contribution >= 4 is 82.8 Å². The Kier molecular flexibility index (Phi) is 59.7. The molecule has 0 aliphatic heterocycles. The van der Waals surface area contributed by atoms with Gasteiger partial charge in [0.1, 0.15) is 78.5 Å². The van der Waals surface area contributed by atoms with Crippen LogP contribution in [0, 0.1) is 0 Å². The lowest BCUT2D eigenvalue weighted by Crippen LogP contribution is -2.61. The van der Waals surface area contributed by atoms with Crippen LogP contribution in [0.25, 0.3) is 0 Å². The predicted molar refractivity (Wildman–Crippen MR) is 427 cm³/mol. The lowest BCUT2D eigenvalue weighted by atomic mass is 10.0. The molecule has 0 aromatic rings.